The summed E-state index contributed by atoms with van der Waals surface area (Å²) in [6.07, 6.45) is 7.16. The minimum Gasteiger partial charge on any atom is -0.481 e. The van der Waals surface area contributed by atoms with E-state index in [0.29, 0.717) is 39.7 Å². The Morgan fingerprint density at radius 1 is 0.780 bits per heavy atom. The first-order valence-electron chi connectivity index (χ1n) is 13.8. The van der Waals surface area contributed by atoms with E-state index in [1.54, 1.807) is 18.2 Å². The molecule has 0 atom stereocenters. The molecule has 3 aromatic carbocycles. The van der Waals surface area contributed by atoms with E-state index in [9.17, 15) is 19.2 Å². The number of amides is 1. The van der Waals surface area contributed by atoms with Crippen LogP contribution in [0, 0.1) is 0 Å². The number of carboxylic acids is 1. The van der Waals surface area contributed by atoms with E-state index in [4.69, 9.17) is 14.6 Å². The summed E-state index contributed by atoms with van der Waals surface area (Å²) in [7, 11) is 0. The normalized spacial score (nSPS) is 14.9. The first kappa shape index (κ1) is 27.8. The average Bonchev–Trinajstić information content (AvgIpc) is 3.48. The number of nitrogens with one attached hydrogen (secondary N) is 1. The number of ether oxygens (including phenoxy) is 2. The number of ketones is 2. The molecule has 8 nitrogen and oxygen atoms in total. The van der Waals surface area contributed by atoms with Crippen LogP contribution in [0.3, 0.4) is 0 Å². The summed E-state index contributed by atoms with van der Waals surface area (Å²) < 4.78 is 10.8. The van der Waals surface area contributed by atoms with Crippen molar-refractivity contribution in [3.63, 3.8) is 0 Å². The number of aliphatic carboxylic acids is 1. The van der Waals surface area contributed by atoms with Gasteiger partial charge < -0.3 is 19.9 Å². The summed E-state index contributed by atoms with van der Waals surface area (Å²) in [5.41, 5.74) is 3.08. The third-order valence-corrected chi connectivity index (χ3v) is 7.51. The Bertz CT molecular complexity index is 1480. The fraction of sp³-hybridized carbons (Fsp3) is 0.273. The summed E-state index contributed by atoms with van der Waals surface area (Å²) in [4.78, 5) is 50.2. The van der Waals surface area contributed by atoms with Crippen molar-refractivity contribution in [3.8, 4) is 11.5 Å². The molecule has 1 amide bonds. The highest BCUT2D eigenvalue weighted by atomic mass is 16.7. The van der Waals surface area contributed by atoms with Crippen LogP contribution < -0.4 is 14.8 Å². The summed E-state index contributed by atoms with van der Waals surface area (Å²) in [6.45, 7) is 0.0913. The molecule has 0 radical (unpaired) electrons. The maximum Gasteiger partial charge on any atom is 0.305 e. The maximum absolute atomic E-state index is 13.8. The fourth-order valence-electron chi connectivity index (χ4n) is 5.23. The number of hydrogen-bond donors (Lipinski definition) is 2. The zero-order valence-corrected chi connectivity index (χ0v) is 22.6. The smallest absolute Gasteiger partial charge is 0.305 e. The number of hydrogen-bond acceptors (Lipinski definition) is 6. The molecule has 8 heteroatoms. The number of benzene rings is 3. The molecule has 1 aliphatic carbocycles. The predicted octanol–water partition coefficient (Wildman–Crippen LogP) is 5.82. The molecule has 2 N–H and O–H groups in total. The van der Waals surface area contributed by atoms with E-state index in [1.807, 2.05) is 24.3 Å². The molecule has 210 valence electrons. The Morgan fingerprint density at radius 3 is 2.12 bits per heavy atom. The van der Waals surface area contributed by atoms with Gasteiger partial charge in [0, 0.05) is 28.8 Å². The highest BCUT2D eigenvalue weighted by Gasteiger charge is 2.21. The highest BCUT2D eigenvalue weighted by molar-refractivity contribution is 6.32. The summed E-state index contributed by atoms with van der Waals surface area (Å²) in [5.74, 6) is -0.603. The lowest BCUT2D eigenvalue weighted by Crippen LogP contribution is -2.26. The van der Waals surface area contributed by atoms with Crippen molar-refractivity contribution in [1.29, 1.82) is 0 Å². The third-order valence-electron chi connectivity index (χ3n) is 7.51. The van der Waals surface area contributed by atoms with Crippen molar-refractivity contribution in [2.75, 3.05) is 13.3 Å². The maximum atomic E-state index is 13.8. The Morgan fingerprint density at radius 2 is 1.41 bits per heavy atom. The van der Waals surface area contributed by atoms with Gasteiger partial charge in [-0.3, -0.25) is 19.2 Å². The molecule has 1 heterocycles. The number of carbonyl (C=O) groups excluding carboxylic acids is 3. The van der Waals surface area contributed by atoms with Gasteiger partial charge in [0.1, 0.15) is 0 Å². The number of rotatable bonds is 10. The first-order chi connectivity index (χ1) is 19.9. The number of allylic oxidation sites excluding steroid dienone is 2. The van der Waals surface area contributed by atoms with Crippen molar-refractivity contribution in [2.24, 2.45) is 0 Å². The van der Waals surface area contributed by atoms with Crippen molar-refractivity contribution in [2.45, 2.75) is 44.4 Å². The molecule has 0 spiro atoms. The van der Waals surface area contributed by atoms with Gasteiger partial charge in [-0.15, -0.1) is 0 Å². The van der Waals surface area contributed by atoms with Crippen LogP contribution in [-0.4, -0.2) is 41.9 Å². The highest BCUT2D eigenvalue weighted by Crippen LogP contribution is 2.35. The van der Waals surface area contributed by atoms with Gasteiger partial charge in [-0.05, 0) is 66.3 Å². The molecule has 3 aromatic rings. The van der Waals surface area contributed by atoms with Crippen molar-refractivity contribution in [1.82, 2.24) is 5.32 Å². The van der Waals surface area contributed by atoms with E-state index >= 15 is 0 Å². The number of carbonyl (C=O) groups is 4. The van der Waals surface area contributed by atoms with E-state index in [-0.39, 0.29) is 36.9 Å². The molecule has 0 aromatic heterocycles. The molecule has 5 rings (SSSR count). The second-order valence-corrected chi connectivity index (χ2v) is 10.3. The topological polar surface area (TPSA) is 119 Å². The second kappa shape index (κ2) is 12.6. The van der Waals surface area contributed by atoms with Gasteiger partial charge in [-0.1, -0.05) is 55.7 Å². The van der Waals surface area contributed by atoms with Gasteiger partial charge in [0.25, 0.3) is 5.91 Å². The van der Waals surface area contributed by atoms with Crippen molar-refractivity contribution in [3.05, 3.63) is 101 Å². The first-order valence-corrected chi connectivity index (χ1v) is 13.8. The lowest BCUT2D eigenvalue weighted by Gasteiger charge is -2.22. The molecular weight excluding hydrogens is 522 g/mol. The minimum absolute atomic E-state index is 0.000553. The summed E-state index contributed by atoms with van der Waals surface area (Å²) in [5, 5.41) is 11.3. The molecule has 0 unspecified atom stereocenters. The second-order valence-electron chi connectivity index (χ2n) is 10.3. The average molecular weight is 554 g/mol. The number of carboxylic acid groups (broad SMARTS) is 1. The monoisotopic (exact) mass is 553 g/mol. The Kier molecular flexibility index (Phi) is 8.58. The van der Waals surface area contributed by atoms with Crippen LogP contribution in [0.15, 0.2) is 72.8 Å². The predicted molar refractivity (Wildman–Crippen MR) is 152 cm³/mol. The van der Waals surface area contributed by atoms with Gasteiger partial charge >= 0.3 is 5.97 Å². The molecule has 1 aliphatic heterocycles. The van der Waals surface area contributed by atoms with E-state index in [2.05, 4.69) is 5.32 Å². The summed E-state index contributed by atoms with van der Waals surface area (Å²) in [6, 6.07) is 18.9. The SMILES string of the molecule is O=C(O)CCNC(=O)c1ccc(C(=O)/C(=C\C(=O)c2ccc3c(c2)OCO3)c2ccc(C3CCCCC3)cc2)cc1. The standard InChI is InChI=1S/C33H31NO7/c35-28(26-14-15-29-30(18-26)41-20-40-29)19-27(23-8-6-22(7-9-23)21-4-2-1-3-5-21)32(38)24-10-12-25(13-11-24)33(39)34-17-16-31(36)37/h6-15,18-19,21H,1-5,16-17,20H2,(H,34,39)(H,36,37)/b27-19-. The molecule has 41 heavy (non-hydrogen) atoms. The number of Topliss-reactive ketones (excluding diaryl/α,β-unsaturated/α-hetero) is 1. The molecule has 1 fully saturated rings. The van der Waals surface area contributed by atoms with Crippen LogP contribution >= 0.6 is 0 Å². The van der Waals surface area contributed by atoms with Crippen LogP contribution in [0.5, 0.6) is 11.5 Å². The van der Waals surface area contributed by atoms with Gasteiger partial charge in [0.15, 0.2) is 23.1 Å². The molecule has 0 saturated heterocycles. The molecule has 1 saturated carbocycles. The van der Waals surface area contributed by atoms with Crippen LogP contribution in [-0.2, 0) is 4.79 Å². The lowest BCUT2D eigenvalue weighted by atomic mass is 9.83. The van der Waals surface area contributed by atoms with E-state index in [1.165, 1.54) is 55.2 Å². The zero-order chi connectivity index (χ0) is 28.8. The summed E-state index contributed by atoms with van der Waals surface area (Å²) >= 11 is 0. The largest absolute Gasteiger partial charge is 0.481 e. The van der Waals surface area contributed by atoms with Gasteiger partial charge in [-0.25, -0.2) is 0 Å². The molecule has 2 aliphatic rings. The van der Waals surface area contributed by atoms with Crippen LogP contribution in [0.25, 0.3) is 5.57 Å². The lowest BCUT2D eigenvalue weighted by molar-refractivity contribution is -0.136. The van der Waals surface area contributed by atoms with E-state index in [0.717, 1.165) is 12.8 Å². The third kappa shape index (κ3) is 6.72. The Labute approximate surface area is 238 Å². The quantitative estimate of drug-likeness (QED) is 0.240. The van der Waals surface area contributed by atoms with Gasteiger partial charge in [0.2, 0.25) is 6.79 Å². The van der Waals surface area contributed by atoms with Crippen LogP contribution in [0.4, 0.5) is 0 Å². The molecule has 0 bridgehead atoms. The fourth-order valence-corrected chi connectivity index (χ4v) is 5.23. The van der Waals surface area contributed by atoms with E-state index < -0.39 is 11.9 Å². The van der Waals surface area contributed by atoms with Crippen molar-refractivity contribution < 1.29 is 33.8 Å². The van der Waals surface area contributed by atoms with Gasteiger partial charge in [0.05, 0.1) is 6.42 Å². The van der Waals surface area contributed by atoms with Crippen LogP contribution in [0.2, 0.25) is 0 Å². The number of fused-ring (bicyclic) bond motifs is 1. The zero-order valence-electron chi connectivity index (χ0n) is 22.6. The molecular formula is C33H31NO7. The van der Waals surface area contributed by atoms with Crippen LogP contribution in [0.1, 0.15) is 86.6 Å². The van der Waals surface area contributed by atoms with Crippen molar-refractivity contribution >= 4 is 29.0 Å². The minimum atomic E-state index is -1.01. The Hall–Kier alpha value is -4.72. The van der Waals surface area contributed by atoms with Gasteiger partial charge in [-0.2, -0.15) is 0 Å². The Balaban J connectivity index is 1.42.